The summed E-state index contributed by atoms with van der Waals surface area (Å²) in [6.45, 7) is 0. The van der Waals surface area contributed by atoms with E-state index in [1.165, 1.54) is 29.7 Å². The minimum absolute atomic E-state index is 0.142. The zero-order chi connectivity index (χ0) is 20.4. The summed E-state index contributed by atoms with van der Waals surface area (Å²) in [5.41, 5.74) is 8.35. The van der Waals surface area contributed by atoms with Crippen LogP contribution in [0.1, 0.15) is 28.9 Å². The Morgan fingerprint density at radius 1 is 1.21 bits per heavy atom. The predicted octanol–water partition coefficient (Wildman–Crippen LogP) is 2.32. The van der Waals surface area contributed by atoms with Gasteiger partial charge in [-0.3, -0.25) is 4.79 Å². The van der Waals surface area contributed by atoms with E-state index in [4.69, 9.17) is 5.73 Å². The van der Waals surface area contributed by atoms with Crippen molar-refractivity contribution in [2.75, 3.05) is 10.6 Å². The van der Waals surface area contributed by atoms with E-state index in [0.717, 1.165) is 12.8 Å². The van der Waals surface area contributed by atoms with E-state index in [9.17, 15) is 13.2 Å². The summed E-state index contributed by atoms with van der Waals surface area (Å²) in [5.74, 6) is -0.0810. The molecule has 0 spiro atoms. The number of carbonyl (C=O) groups excluding carboxylic acids is 1. The maximum atomic E-state index is 12.5. The summed E-state index contributed by atoms with van der Waals surface area (Å²) in [4.78, 5) is 24.2. The van der Waals surface area contributed by atoms with E-state index in [1.54, 1.807) is 23.0 Å². The van der Waals surface area contributed by atoms with Crippen molar-refractivity contribution in [3.8, 4) is 0 Å². The number of hydrogen-bond donors (Lipinski definition) is 3. The molecule has 2 heterocycles. The number of aromatic nitrogens is 3. The normalized spacial score (nSPS) is 13.8. The fourth-order valence-electron chi connectivity index (χ4n) is 2.61. The summed E-state index contributed by atoms with van der Waals surface area (Å²) in [6, 6.07) is 6.59. The van der Waals surface area contributed by atoms with Crippen molar-refractivity contribution < 1.29 is 13.2 Å². The Hall–Kier alpha value is -3.05. The maximum Gasteiger partial charge on any atom is 0.254 e. The Balaban J connectivity index is 1.50. The topological polar surface area (TPSA) is 140 Å². The Morgan fingerprint density at radius 3 is 2.59 bits per heavy atom. The molecule has 0 radical (unpaired) electrons. The molecule has 9 nitrogen and oxygen atoms in total. The van der Waals surface area contributed by atoms with Gasteiger partial charge in [0.1, 0.15) is 5.82 Å². The number of primary amides is 1. The fourth-order valence-corrected chi connectivity index (χ4v) is 4.54. The number of nitrogens with one attached hydrogen (secondary N) is 2. The molecule has 4 N–H and O–H groups in total. The first kappa shape index (κ1) is 19.3. The zero-order valence-electron chi connectivity index (χ0n) is 15.2. The van der Waals surface area contributed by atoms with Gasteiger partial charge in [0.2, 0.25) is 5.95 Å². The number of hydrogen-bond acceptors (Lipinski definition) is 9. The van der Waals surface area contributed by atoms with Crippen molar-refractivity contribution in [3.63, 3.8) is 0 Å². The standard InChI is InChI=1S/C18H18N6O3S2/c19-16(25)15-7-20-18(24-17(15)22-11-1-2-11)23-12-3-5-14(6-4-12)29(26,27)9-13-8-28-10-21-13/h3-8,10-11H,1-2,9H2,(H2,19,25)(H2,20,22,23,24). The molecular formula is C18H18N6O3S2. The minimum atomic E-state index is -3.48. The van der Waals surface area contributed by atoms with Gasteiger partial charge in [0.05, 0.1) is 27.4 Å². The molecule has 0 aliphatic heterocycles. The first-order valence-corrected chi connectivity index (χ1v) is 11.4. The number of thiazole rings is 1. The monoisotopic (exact) mass is 430 g/mol. The number of benzene rings is 1. The SMILES string of the molecule is NC(=O)c1cnc(Nc2ccc(S(=O)(=O)Cc3cscn3)cc2)nc1NC1CC1. The Labute approximate surface area is 171 Å². The molecule has 1 saturated carbocycles. The van der Waals surface area contributed by atoms with Crippen molar-refractivity contribution in [1.29, 1.82) is 0 Å². The van der Waals surface area contributed by atoms with Crippen LogP contribution in [0.3, 0.4) is 0 Å². The number of nitrogens with two attached hydrogens (primary N) is 1. The quantitative estimate of drug-likeness (QED) is 0.495. The predicted molar refractivity (Wildman–Crippen MR) is 110 cm³/mol. The lowest BCUT2D eigenvalue weighted by Crippen LogP contribution is -2.17. The van der Waals surface area contributed by atoms with Gasteiger partial charge in [-0.25, -0.2) is 18.4 Å². The fraction of sp³-hybridized carbons (Fsp3) is 0.222. The van der Waals surface area contributed by atoms with E-state index < -0.39 is 15.7 Å². The van der Waals surface area contributed by atoms with Crippen LogP contribution in [0.2, 0.25) is 0 Å². The van der Waals surface area contributed by atoms with Crippen molar-refractivity contribution in [1.82, 2.24) is 15.0 Å². The molecule has 1 fully saturated rings. The number of nitrogens with zero attached hydrogens (tertiary/aromatic N) is 3. The van der Waals surface area contributed by atoms with E-state index in [1.807, 2.05) is 0 Å². The molecule has 0 atom stereocenters. The molecule has 1 aromatic carbocycles. The van der Waals surface area contributed by atoms with E-state index in [0.29, 0.717) is 17.2 Å². The summed E-state index contributed by atoms with van der Waals surface area (Å²) in [5, 5.41) is 7.89. The molecule has 29 heavy (non-hydrogen) atoms. The van der Waals surface area contributed by atoms with Crippen LogP contribution in [0.5, 0.6) is 0 Å². The molecule has 3 aromatic rings. The first-order valence-electron chi connectivity index (χ1n) is 8.81. The highest BCUT2D eigenvalue weighted by molar-refractivity contribution is 7.90. The molecule has 4 rings (SSSR count). The van der Waals surface area contributed by atoms with Crippen LogP contribution in [-0.2, 0) is 15.6 Å². The van der Waals surface area contributed by atoms with Crippen LogP contribution < -0.4 is 16.4 Å². The van der Waals surface area contributed by atoms with Crippen LogP contribution in [0.15, 0.2) is 46.2 Å². The third-order valence-corrected chi connectivity index (χ3v) is 6.56. The van der Waals surface area contributed by atoms with Gasteiger partial charge in [-0.05, 0) is 37.1 Å². The molecule has 11 heteroatoms. The summed E-state index contributed by atoms with van der Waals surface area (Å²) in [7, 11) is -3.48. The lowest BCUT2D eigenvalue weighted by molar-refractivity contribution is 0.100. The molecule has 1 aliphatic carbocycles. The molecule has 0 saturated heterocycles. The van der Waals surface area contributed by atoms with Crippen LogP contribution >= 0.6 is 11.3 Å². The number of carbonyl (C=O) groups is 1. The molecule has 0 unspecified atom stereocenters. The highest BCUT2D eigenvalue weighted by Gasteiger charge is 2.24. The molecular weight excluding hydrogens is 412 g/mol. The van der Waals surface area contributed by atoms with Gasteiger partial charge in [-0.1, -0.05) is 0 Å². The van der Waals surface area contributed by atoms with E-state index in [2.05, 4.69) is 25.6 Å². The molecule has 150 valence electrons. The number of amides is 1. The third kappa shape index (κ3) is 4.69. The third-order valence-electron chi connectivity index (χ3n) is 4.26. The number of anilines is 3. The van der Waals surface area contributed by atoms with Gasteiger partial charge >= 0.3 is 0 Å². The largest absolute Gasteiger partial charge is 0.367 e. The van der Waals surface area contributed by atoms with Gasteiger partial charge < -0.3 is 16.4 Å². The van der Waals surface area contributed by atoms with E-state index >= 15 is 0 Å². The van der Waals surface area contributed by atoms with Gasteiger partial charge in [0.15, 0.2) is 9.84 Å². The van der Waals surface area contributed by atoms with E-state index in [-0.39, 0.29) is 28.2 Å². The Bertz CT molecular complexity index is 1130. The molecule has 1 amide bonds. The summed E-state index contributed by atoms with van der Waals surface area (Å²) < 4.78 is 25.0. The van der Waals surface area contributed by atoms with Gasteiger partial charge in [-0.2, -0.15) is 4.98 Å². The Morgan fingerprint density at radius 2 is 1.97 bits per heavy atom. The van der Waals surface area contributed by atoms with Crippen molar-refractivity contribution >= 4 is 44.5 Å². The average molecular weight is 431 g/mol. The van der Waals surface area contributed by atoms with Crippen molar-refractivity contribution in [3.05, 3.63) is 52.6 Å². The smallest absolute Gasteiger partial charge is 0.254 e. The molecule has 0 bridgehead atoms. The highest BCUT2D eigenvalue weighted by Crippen LogP contribution is 2.26. The van der Waals surface area contributed by atoms with Crippen LogP contribution in [0.25, 0.3) is 0 Å². The van der Waals surface area contributed by atoms with Crippen molar-refractivity contribution in [2.24, 2.45) is 5.73 Å². The highest BCUT2D eigenvalue weighted by atomic mass is 32.2. The second-order valence-corrected chi connectivity index (χ2v) is 9.34. The lowest BCUT2D eigenvalue weighted by atomic mass is 10.3. The first-order chi connectivity index (χ1) is 13.9. The summed E-state index contributed by atoms with van der Waals surface area (Å²) >= 11 is 1.36. The van der Waals surface area contributed by atoms with Crippen LogP contribution in [-0.4, -0.2) is 35.3 Å². The van der Waals surface area contributed by atoms with Gasteiger partial charge in [0.25, 0.3) is 5.91 Å². The van der Waals surface area contributed by atoms with Crippen LogP contribution in [0.4, 0.5) is 17.5 Å². The number of rotatable bonds is 8. The lowest BCUT2D eigenvalue weighted by Gasteiger charge is -2.11. The minimum Gasteiger partial charge on any atom is -0.367 e. The molecule has 1 aliphatic rings. The maximum absolute atomic E-state index is 12.5. The van der Waals surface area contributed by atoms with Crippen molar-refractivity contribution in [2.45, 2.75) is 29.5 Å². The number of sulfone groups is 1. The van der Waals surface area contributed by atoms with Crippen LogP contribution in [0, 0.1) is 0 Å². The Kier molecular flexibility index (Phi) is 5.16. The van der Waals surface area contributed by atoms with Gasteiger partial charge in [0, 0.05) is 23.3 Å². The van der Waals surface area contributed by atoms with Gasteiger partial charge in [-0.15, -0.1) is 11.3 Å². The summed E-state index contributed by atoms with van der Waals surface area (Å²) in [6.07, 6.45) is 3.40. The zero-order valence-corrected chi connectivity index (χ0v) is 16.8. The second kappa shape index (κ2) is 7.76. The molecule has 2 aromatic heterocycles. The average Bonchev–Trinajstić information content (AvgIpc) is 3.35. The second-order valence-electron chi connectivity index (χ2n) is 6.63.